The molecule has 3 heterocycles. The second kappa shape index (κ2) is 13.0. The van der Waals surface area contributed by atoms with Gasteiger partial charge in [-0.25, -0.2) is 0 Å². The Bertz CT molecular complexity index is 2680. The SMILES string of the molecule is Cc1cc2c3c(c1)N(c1c(C)cc(C(C)(C)C)cc1C)c1cc(-c4cc5ccccc5s4)ccc1B3c1cc(C(C)(C)C)ccc1N2c1ccc(C(C)(C)C)cc1. The van der Waals surface area contributed by atoms with Crippen LogP contribution < -0.4 is 26.2 Å². The monoisotopic (exact) mass is 762 g/mol. The molecule has 0 fully saturated rings. The summed E-state index contributed by atoms with van der Waals surface area (Å²) in [6, 6.07) is 44.8. The molecule has 0 radical (unpaired) electrons. The molecule has 0 bridgehead atoms. The van der Waals surface area contributed by atoms with Crippen molar-refractivity contribution in [3.63, 3.8) is 0 Å². The number of anilines is 6. The zero-order valence-electron chi connectivity index (χ0n) is 35.8. The molecule has 57 heavy (non-hydrogen) atoms. The maximum absolute atomic E-state index is 2.63. The van der Waals surface area contributed by atoms with Gasteiger partial charge in [0.1, 0.15) is 0 Å². The first-order chi connectivity index (χ1) is 26.9. The summed E-state index contributed by atoms with van der Waals surface area (Å²) in [6.07, 6.45) is 0. The van der Waals surface area contributed by atoms with Crippen LogP contribution >= 0.6 is 11.3 Å². The van der Waals surface area contributed by atoms with E-state index in [1.54, 1.807) is 0 Å². The molecule has 0 N–H and O–H groups in total. The van der Waals surface area contributed by atoms with Gasteiger partial charge >= 0.3 is 0 Å². The fourth-order valence-electron chi connectivity index (χ4n) is 9.25. The first-order valence-electron chi connectivity index (χ1n) is 20.6. The first-order valence-corrected chi connectivity index (χ1v) is 21.4. The lowest BCUT2D eigenvalue weighted by Gasteiger charge is -2.45. The highest BCUT2D eigenvalue weighted by Gasteiger charge is 2.44. The number of fused-ring (bicyclic) bond motifs is 5. The van der Waals surface area contributed by atoms with E-state index in [0.29, 0.717) is 0 Å². The third kappa shape index (κ3) is 6.23. The Morgan fingerprint density at radius 3 is 1.74 bits per heavy atom. The van der Waals surface area contributed by atoms with Crippen molar-refractivity contribution in [1.82, 2.24) is 0 Å². The topological polar surface area (TPSA) is 6.48 Å². The zero-order chi connectivity index (χ0) is 40.3. The van der Waals surface area contributed by atoms with Crippen LogP contribution in [0.2, 0.25) is 0 Å². The van der Waals surface area contributed by atoms with Crippen LogP contribution in [0.25, 0.3) is 20.5 Å². The van der Waals surface area contributed by atoms with Gasteiger partial charge in [-0.2, -0.15) is 0 Å². The molecule has 2 aliphatic rings. The molecule has 286 valence electrons. The van der Waals surface area contributed by atoms with Crippen molar-refractivity contribution in [3.05, 3.63) is 149 Å². The number of nitrogens with zero attached hydrogens (tertiary/aromatic N) is 2. The van der Waals surface area contributed by atoms with E-state index in [4.69, 9.17) is 0 Å². The van der Waals surface area contributed by atoms with Gasteiger partial charge in [0.2, 0.25) is 0 Å². The largest absolute Gasteiger partial charge is 0.311 e. The lowest BCUT2D eigenvalue weighted by Crippen LogP contribution is -2.61. The van der Waals surface area contributed by atoms with Crippen LogP contribution in [-0.2, 0) is 16.2 Å². The van der Waals surface area contributed by atoms with E-state index >= 15 is 0 Å². The van der Waals surface area contributed by atoms with Gasteiger partial charge < -0.3 is 9.80 Å². The maximum atomic E-state index is 2.63. The third-order valence-corrected chi connectivity index (χ3v) is 13.5. The van der Waals surface area contributed by atoms with Gasteiger partial charge in [0.25, 0.3) is 6.71 Å². The van der Waals surface area contributed by atoms with E-state index < -0.39 is 0 Å². The minimum Gasteiger partial charge on any atom is -0.311 e. The van der Waals surface area contributed by atoms with Crippen molar-refractivity contribution in [2.45, 2.75) is 99.3 Å². The minimum absolute atomic E-state index is 0.00217. The standard InChI is InChI=1S/C53H55BN2S/c1-32-25-45-49-46(26-32)56(50-33(2)27-39(28-34(50)3)53(10,11)12)44-29-36(48-30-35-15-13-14-16-47(35)57-48)17-23-41(44)54(49)42-31-38(52(7,8)9)20-24-43(42)55(45)40-21-18-37(19-22-40)51(4,5)6/h13-31H,1-12H3. The lowest BCUT2D eigenvalue weighted by molar-refractivity contribution is 0.589. The lowest BCUT2D eigenvalue weighted by atomic mass is 9.33. The van der Waals surface area contributed by atoms with Gasteiger partial charge in [0.05, 0.1) is 5.69 Å². The Morgan fingerprint density at radius 1 is 0.491 bits per heavy atom. The molecule has 6 aromatic carbocycles. The molecule has 2 nitrogen and oxygen atoms in total. The summed E-state index contributed by atoms with van der Waals surface area (Å²) < 4.78 is 1.32. The molecule has 4 heteroatoms. The highest BCUT2D eigenvalue weighted by molar-refractivity contribution is 7.22. The Hall–Kier alpha value is -5.06. The second-order valence-corrected chi connectivity index (χ2v) is 20.9. The molecule has 0 saturated carbocycles. The number of rotatable bonds is 3. The highest BCUT2D eigenvalue weighted by atomic mass is 32.1. The van der Waals surface area contributed by atoms with Gasteiger partial charge in [0, 0.05) is 38.0 Å². The summed E-state index contributed by atoms with van der Waals surface area (Å²) in [6.45, 7) is 27.8. The van der Waals surface area contributed by atoms with Crippen LogP contribution in [0.5, 0.6) is 0 Å². The molecule has 2 aliphatic heterocycles. The molecule has 0 atom stereocenters. The van der Waals surface area contributed by atoms with Crippen LogP contribution in [-0.4, -0.2) is 6.71 Å². The van der Waals surface area contributed by atoms with Gasteiger partial charge in [-0.1, -0.05) is 129 Å². The molecular weight excluding hydrogens is 707 g/mol. The summed E-state index contributed by atoms with van der Waals surface area (Å²) >= 11 is 1.89. The predicted octanol–water partition coefficient (Wildman–Crippen LogP) is 13.5. The van der Waals surface area contributed by atoms with Crippen molar-refractivity contribution in [2.75, 3.05) is 9.80 Å². The molecule has 9 rings (SSSR count). The van der Waals surface area contributed by atoms with Crippen LogP contribution in [0, 0.1) is 20.8 Å². The molecule has 0 saturated heterocycles. The van der Waals surface area contributed by atoms with Crippen LogP contribution in [0.1, 0.15) is 95.7 Å². The van der Waals surface area contributed by atoms with E-state index in [1.165, 1.54) is 104 Å². The molecule has 0 aliphatic carbocycles. The van der Waals surface area contributed by atoms with Crippen molar-refractivity contribution < 1.29 is 0 Å². The number of thiophene rings is 1. The van der Waals surface area contributed by atoms with E-state index in [2.05, 4.69) is 208 Å². The van der Waals surface area contributed by atoms with E-state index in [9.17, 15) is 0 Å². The molecule has 0 spiro atoms. The summed E-state index contributed by atoms with van der Waals surface area (Å²) in [4.78, 5) is 6.48. The van der Waals surface area contributed by atoms with Gasteiger partial charge in [0.15, 0.2) is 0 Å². The highest BCUT2D eigenvalue weighted by Crippen LogP contribution is 2.48. The van der Waals surface area contributed by atoms with Gasteiger partial charge in [-0.3, -0.25) is 0 Å². The van der Waals surface area contributed by atoms with E-state index in [-0.39, 0.29) is 23.0 Å². The third-order valence-electron chi connectivity index (χ3n) is 12.4. The van der Waals surface area contributed by atoms with Crippen molar-refractivity contribution in [1.29, 1.82) is 0 Å². The van der Waals surface area contributed by atoms with Crippen LogP contribution in [0.3, 0.4) is 0 Å². The fourth-order valence-corrected chi connectivity index (χ4v) is 10.3. The van der Waals surface area contributed by atoms with Crippen molar-refractivity contribution in [3.8, 4) is 10.4 Å². The normalized spacial score (nSPS) is 13.9. The summed E-state index contributed by atoms with van der Waals surface area (Å²) in [5.41, 5.74) is 20.9. The van der Waals surface area contributed by atoms with Crippen LogP contribution in [0.15, 0.2) is 115 Å². The van der Waals surface area contributed by atoms with Crippen molar-refractivity contribution >= 4 is 78.6 Å². The predicted molar refractivity (Wildman–Crippen MR) is 252 cm³/mol. The maximum Gasteiger partial charge on any atom is 0.252 e. The second-order valence-electron chi connectivity index (χ2n) is 19.8. The number of hydrogen-bond acceptors (Lipinski definition) is 3. The molecular formula is C53H55BN2S. The smallest absolute Gasteiger partial charge is 0.252 e. The van der Waals surface area contributed by atoms with E-state index in [0.717, 1.165) is 0 Å². The molecule has 7 aromatic rings. The fraction of sp³-hybridized carbons (Fsp3) is 0.283. The summed E-state index contributed by atoms with van der Waals surface area (Å²) in [7, 11) is 0. The minimum atomic E-state index is 0.00217. The first kappa shape index (κ1) is 37.5. The Balaban J connectivity index is 1.37. The number of benzene rings is 6. The van der Waals surface area contributed by atoms with Gasteiger partial charge in [-0.05, 0) is 146 Å². The van der Waals surface area contributed by atoms with Crippen LogP contribution in [0.4, 0.5) is 34.1 Å². The van der Waals surface area contributed by atoms with Crippen molar-refractivity contribution in [2.24, 2.45) is 0 Å². The molecule has 1 aromatic heterocycles. The number of aryl methyl sites for hydroxylation is 3. The molecule has 0 amide bonds. The summed E-state index contributed by atoms with van der Waals surface area (Å²) in [5, 5.41) is 1.30. The average molecular weight is 763 g/mol. The van der Waals surface area contributed by atoms with E-state index in [1.807, 2.05) is 11.3 Å². The Morgan fingerprint density at radius 2 is 1.11 bits per heavy atom. The molecule has 0 unspecified atom stereocenters. The zero-order valence-corrected chi connectivity index (χ0v) is 36.7. The Labute approximate surface area is 345 Å². The Kier molecular flexibility index (Phi) is 8.54. The number of hydrogen-bond donors (Lipinski definition) is 0. The van der Waals surface area contributed by atoms with Gasteiger partial charge in [-0.15, -0.1) is 11.3 Å². The summed E-state index contributed by atoms with van der Waals surface area (Å²) in [5.74, 6) is 0. The quantitative estimate of drug-likeness (QED) is 0.165. The average Bonchev–Trinajstić information content (AvgIpc) is 3.58.